The van der Waals surface area contributed by atoms with Crippen LogP contribution in [0.25, 0.3) is 0 Å². The van der Waals surface area contributed by atoms with Crippen LogP contribution < -0.4 is 0 Å². The Morgan fingerprint density at radius 2 is 0.984 bits per heavy atom. The van der Waals surface area contributed by atoms with E-state index in [2.05, 4.69) is 43.8 Å². The number of ether oxygens (including phenoxy) is 9. The number of hydrogen-bond acceptors (Lipinski definition) is 20. The third kappa shape index (κ3) is 229. The monoisotopic (exact) mass is 962 g/mol. The van der Waals surface area contributed by atoms with Crippen molar-refractivity contribution in [2.75, 3.05) is 156 Å². The first kappa shape index (κ1) is 101. The Kier molecular flexibility index (Phi) is 206. The average Bonchev–Trinajstić information content (AvgIpc) is 4.23. The van der Waals surface area contributed by atoms with Crippen molar-refractivity contribution in [2.45, 2.75) is 128 Å². The van der Waals surface area contributed by atoms with E-state index in [1.54, 1.807) is 49.2 Å². The van der Waals surface area contributed by atoms with E-state index in [9.17, 15) is 0 Å². The second-order valence-electron chi connectivity index (χ2n) is 10.3. The summed E-state index contributed by atoms with van der Waals surface area (Å²) in [6, 6.07) is 0. The van der Waals surface area contributed by atoms with Gasteiger partial charge in [0.15, 0.2) is 0 Å². The lowest BCUT2D eigenvalue weighted by molar-refractivity contribution is -0.105. The maximum atomic E-state index is 8.78. The number of nitrogens with zero attached hydrogens (tertiary/aromatic N) is 1. The number of rotatable bonds is 20. The minimum Gasteiger partial charge on any atom is -0.397 e. The molecule has 2 saturated heterocycles. The summed E-state index contributed by atoms with van der Waals surface area (Å²) in [6.07, 6.45) is 4.82. The molecule has 0 aromatic carbocycles. The molecule has 0 aromatic rings. The summed E-state index contributed by atoms with van der Waals surface area (Å²) in [5, 5.41) is 80.0. The van der Waals surface area contributed by atoms with Crippen molar-refractivity contribution in [3.05, 3.63) is 13.2 Å². The Hall–Kier alpha value is -1.06. The molecule has 3 atom stereocenters. The molecule has 2 aliphatic rings. The zero-order valence-corrected chi connectivity index (χ0v) is 41.3. The third-order valence-corrected chi connectivity index (χ3v) is 4.72. The molecule has 0 saturated carbocycles. The summed E-state index contributed by atoms with van der Waals surface area (Å²) in [4.78, 5) is 1.83. The number of aliphatic hydroxyl groups excluding tert-OH is 10. The number of aliphatic hydroxyl groups is 10. The predicted octanol–water partition coefficient (Wildman–Crippen LogP) is 3.73. The van der Waals surface area contributed by atoms with Gasteiger partial charge in [0.05, 0.1) is 45.4 Å². The maximum absolute atomic E-state index is 8.78. The first-order valence-electron chi connectivity index (χ1n) is 20.6. The Balaban J connectivity index is -0.0000000361. The molecule has 0 radical (unpaired) electrons. The van der Waals surface area contributed by atoms with Crippen LogP contribution in [-0.4, -0.2) is 230 Å². The second kappa shape index (κ2) is 131. The Bertz CT molecular complexity index is 490. The lowest BCUT2D eigenvalue weighted by Crippen LogP contribution is -2.21. The minimum absolute atomic E-state index is 0. The number of methoxy groups -OCH3 is 4. The SMILES string of the molecule is C.C.C.C=C.CC.CCC1CO1.CCCOCO.CCO.CCO.CCO.CCOCOCO.COC.COCCCC(O)CO.COCCCN(C)CO.COCO.OCC1CO1. The van der Waals surface area contributed by atoms with Gasteiger partial charge in [0.2, 0.25) is 0 Å². The van der Waals surface area contributed by atoms with Crippen molar-refractivity contribution in [3.63, 3.8) is 0 Å². The summed E-state index contributed by atoms with van der Waals surface area (Å²) in [6.45, 7) is 26.9. The van der Waals surface area contributed by atoms with Gasteiger partial charge in [-0.05, 0) is 66.8 Å². The molecule has 0 bridgehead atoms. The van der Waals surface area contributed by atoms with Gasteiger partial charge in [-0.1, -0.05) is 50.0 Å². The van der Waals surface area contributed by atoms with Crippen LogP contribution in [0.2, 0.25) is 0 Å². The molecule has 2 fully saturated rings. The van der Waals surface area contributed by atoms with E-state index in [0.29, 0.717) is 32.3 Å². The van der Waals surface area contributed by atoms with Crippen LogP contribution in [0, 0.1) is 0 Å². The highest BCUT2D eigenvalue weighted by molar-refractivity contribution is 4.65. The molecule has 410 valence electrons. The Morgan fingerprint density at radius 3 is 1.17 bits per heavy atom. The molecule has 0 aromatic heterocycles. The molecule has 0 amide bonds. The van der Waals surface area contributed by atoms with E-state index in [1.165, 1.54) is 13.5 Å². The lowest BCUT2D eigenvalue weighted by Gasteiger charge is -2.11. The molecule has 20 heteroatoms. The molecule has 2 rings (SSSR count). The third-order valence-electron chi connectivity index (χ3n) is 4.72. The molecule has 2 heterocycles. The van der Waals surface area contributed by atoms with Crippen molar-refractivity contribution in [1.29, 1.82) is 0 Å². The van der Waals surface area contributed by atoms with Gasteiger partial charge in [-0.15, -0.1) is 13.2 Å². The zero-order valence-electron chi connectivity index (χ0n) is 41.3. The van der Waals surface area contributed by atoms with E-state index >= 15 is 0 Å². The van der Waals surface area contributed by atoms with Crippen LogP contribution in [-0.2, 0) is 42.6 Å². The topological polar surface area (TPSA) is 295 Å². The molecule has 0 spiro atoms. The highest BCUT2D eigenvalue weighted by Gasteiger charge is 2.19. The second-order valence-corrected chi connectivity index (χ2v) is 10.3. The number of epoxide rings is 2. The van der Waals surface area contributed by atoms with Gasteiger partial charge in [-0.2, -0.15) is 0 Å². The van der Waals surface area contributed by atoms with E-state index < -0.39 is 6.10 Å². The van der Waals surface area contributed by atoms with Gasteiger partial charge in [-0.3, -0.25) is 4.90 Å². The van der Waals surface area contributed by atoms with Crippen LogP contribution in [0.5, 0.6) is 0 Å². The summed E-state index contributed by atoms with van der Waals surface area (Å²) >= 11 is 0. The smallest absolute Gasteiger partial charge is 0.149 e. The van der Waals surface area contributed by atoms with Gasteiger partial charge in [0.1, 0.15) is 33.3 Å². The minimum atomic E-state index is -0.569. The highest BCUT2D eigenvalue weighted by Crippen LogP contribution is 2.10. The lowest BCUT2D eigenvalue weighted by atomic mass is 10.2. The summed E-state index contributed by atoms with van der Waals surface area (Å²) in [5.41, 5.74) is 0. The van der Waals surface area contributed by atoms with Crippen LogP contribution in [0.15, 0.2) is 13.2 Å². The largest absolute Gasteiger partial charge is 0.397 e. The molecule has 64 heavy (non-hydrogen) atoms. The van der Waals surface area contributed by atoms with Crippen molar-refractivity contribution in [3.8, 4) is 0 Å². The van der Waals surface area contributed by atoms with Crippen molar-refractivity contribution >= 4 is 0 Å². The van der Waals surface area contributed by atoms with E-state index in [0.717, 1.165) is 45.6 Å². The van der Waals surface area contributed by atoms with Gasteiger partial charge in [0, 0.05) is 88.3 Å². The molecule has 10 N–H and O–H groups in total. The predicted molar refractivity (Wildman–Crippen MR) is 263 cm³/mol. The van der Waals surface area contributed by atoms with E-state index in [4.69, 9.17) is 70.0 Å². The standard InChI is InChI=1S/C6H15NO2.C6H14O3.C4H10O3.C4H10O2.C4H8O.C3H6O2.C2H6O2.4C2H6O.C2H6.C2H4.3CH4/c1-7(6-8)4-3-5-9-2;1-9-4-2-3-6(8)5-7;1-2-6-4-7-3-5;1-2-3-6-4-5;1-2-4-3-5-4;4-1-3-2-5-3;1-4-2-3;1-3-2;3*1-2-3;2*1-2;;;/h8H,3-6H2,1-2H3;6-8H,2-5H2,1H3;5H,2-4H2,1H3;5H,2-4H2,1H3;4H,2-3H2,1H3;3-4H,1-2H2;3H,2H2,1H3;1-2H3;3*3H,2H2,1H3;1-2H3;1-2H2;3*1H4. The fourth-order valence-corrected chi connectivity index (χ4v) is 1.97. The van der Waals surface area contributed by atoms with Crippen LogP contribution in [0.1, 0.15) is 110 Å². The van der Waals surface area contributed by atoms with Crippen molar-refractivity contribution in [1.82, 2.24) is 4.90 Å². The average molecular weight is 962 g/mol. The van der Waals surface area contributed by atoms with Crippen LogP contribution in [0.4, 0.5) is 0 Å². The fourth-order valence-electron chi connectivity index (χ4n) is 1.97. The molecule has 0 aliphatic carbocycles. The number of hydrogen-bond donors (Lipinski definition) is 10. The van der Waals surface area contributed by atoms with Gasteiger partial charge < -0.3 is 93.7 Å². The van der Waals surface area contributed by atoms with Crippen molar-refractivity contribution in [2.24, 2.45) is 0 Å². The van der Waals surface area contributed by atoms with E-state index in [-0.39, 0.29) is 95.3 Å². The summed E-state index contributed by atoms with van der Waals surface area (Å²) in [5.74, 6) is 0. The quantitative estimate of drug-likeness (QED) is 0.0360. The first-order valence-corrected chi connectivity index (χ1v) is 20.6. The maximum Gasteiger partial charge on any atom is 0.149 e. The Labute approximate surface area is 395 Å². The van der Waals surface area contributed by atoms with Crippen molar-refractivity contribution < 1.29 is 93.7 Å². The van der Waals surface area contributed by atoms with Gasteiger partial charge in [0.25, 0.3) is 0 Å². The summed E-state index contributed by atoms with van der Waals surface area (Å²) < 4.78 is 41.0. The normalized spacial score (nSPS) is 12.4. The fraction of sp³-hybridized carbons (Fsp3) is 0.955. The first-order chi connectivity index (χ1) is 29.4. The van der Waals surface area contributed by atoms with Crippen LogP contribution in [0.3, 0.4) is 0 Å². The molecular weight excluding hydrogens is 846 g/mol. The van der Waals surface area contributed by atoms with Gasteiger partial charge in [-0.25, -0.2) is 0 Å². The summed E-state index contributed by atoms with van der Waals surface area (Å²) in [7, 11) is 9.85. The van der Waals surface area contributed by atoms with Gasteiger partial charge >= 0.3 is 0 Å². The zero-order chi connectivity index (χ0) is 50.2. The highest BCUT2D eigenvalue weighted by atomic mass is 16.7. The van der Waals surface area contributed by atoms with Crippen LogP contribution >= 0.6 is 0 Å². The molecule has 3 unspecified atom stereocenters. The van der Waals surface area contributed by atoms with E-state index in [1.807, 2.05) is 39.6 Å². The molecule has 2 aliphatic heterocycles. The molecular formula is C44H115NO19. The molecule has 20 nitrogen and oxygen atoms in total. The Morgan fingerprint density at radius 1 is 0.609 bits per heavy atom.